The Balaban J connectivity index is 2.08. The van der Waals surface area contributed by atoms with Gasteiger partial charge in [0.25, 0.3) is 0 Å². The van der Waals surface area contributed by atoms with Crippen LogP contribution < -0.4 is 11.3 Å². The second kappa shape index (κ2) is 5.54. The van der Waals surface area contributed by atoms with Crippen molar-refractivity contribution in [3.05, 3.63) is 17.5 Å². The molecule has 2 atom stereocenters. The molecule has 0 saturated heterocycles. The van der Waals surface area contributed by atoms with Crippen molar-refractivity contribution in [2.45, 2.75) is 58.0 Å². The third-order valence-corrected chi connectivity index (χ3v) is 3.87. The van der Waals surface area contributed by atoms with Crippen molar-refractivity contribution in [1.82, 2.24) is 15.2 Å². The van der Waals surface area contributed by atoms with Gasteiger partial charge in [0.05, 0.1) is 17.4 Å². The zero-order chi connectivity index (χ0) is 14.0. The fraction of sp³-hybridized carbons (Fsp3) is 0.769. The molecule has 2 unspecified atom stereocenters. The van der Waals surface area contributed by atoms with E-state index in [4.69, 9.17) is 5.84 Å². The normalized spacial score (nSPS) is 23.7. The first-order chi connectivity index (χ1) is 8.95. The molecule has 1 aromatic rings. The minimum Gasteiger partial charge on any atom is -0.271 e. The summed E-state index contributed by atoms with van der Waals surface area (Å²) in [4.78, 5) is 0. The van der Waals surface area contributed by atoms with Crippen LogP contribution in [0.1, 0.15) is 50.0 Å². The summed E-state index contributed by atoms with van der Waals surface area (Å²) in [5.41, 5.74) is 4.66. The highest BCUT2D eigenvalue weighted by Gasteiger charge is 2.40. The maximum absolute atomic E-state index is 13.2. The van der Waals surface area contributed by atoms with E-state index in [2.05, 4.69) is 10.5 Å². The van der Waals surface area contributed by atoms with Crippen LogP contribution in [-0.2, 0) is 6.54 Å². The summed E-state index contributed by atoms with van der Waals surface area (Å²) in [7, 11) is 0. The van der Waals surface area contributed by atoms with Crippen LogP contribution in [0, 0.1) is 12.8 Å². The predicted molar refractivity (Wildman–Crippen MR) is 69.6 cm³/mol. The summed E-state index contributed by atoms with van der Waals surface area (Å²) in [5.74, 6) is 3.13. The molecule has 0 bridgehead atoms. The summed E-state index contributed by atoms with van der Waals surface area (Å²) >= 11 is 0. The highest BCUT2D eigenvalue weighted by molar-refractivity contribution is 5.13. The van der Waals surface area contributed by atoms with Crippen molar-refractivity contribution in [3.8, 4) is 0 Å². The standard InChI is InChI=1S/C13H22F2N4/c1-3-19-12(6-9(2)18-19)11(17-16)7-10-4-5-13(14,15)8-10/h6,10-11,17H,3-5,7-8,16H2,1-2H3. The molecular weight excluding hydrogens is 250 g/mol. The Kier molecular flexibility index (Phi) is 4.20. The molecule has 108 valence electrons. The first kappa shape index (κ1) is 14.4. The minimum absolute atomic E-state index is 0.00102. The molecule has 4 nitrogen and oxygen atoms in total. The lowest BCUT2D eigenvalue weighted by Gasteiger charge is -2.20. The lowest BCUT2D eigenvalue weighted by molar-refractivity contribution is 0.00426. The van der Waals surface area contributed by atoms with Crippen molar-refractivity contribution in [1.29, 1.82) is 0 Å². The monoisotopic (exact) mass is 272 g/mol. The van der Waals surface area contributed by atoms with Gasteiger partial charge in [-0.1, -0.05) is 0 Å². The number of nitrogens with two attached hydrogens (primary N) is 1. The van der Waals surface area contributed by atoms with Gasteiger partial charge >= 0.3 is 0 Å². The van der Waals surface area contributed by atoms with E-state index >= 15 is 0 Å². The van der Waals surface area contributed by atoms with Gasteiger partial charge in [0.1, 0.15) is 0 Å². The summed E-state index contributed by atoms with van der Waals surface area (Å²) in [6.07, 6.45) is 1.19. The second-order valence-electron chi connectivity index (χ2n) is 5.45. The first-order valence-electron chi connectivity index (χ1n) is 6.83. The number of nitrogens with zero attached hydrogens (tertiary/aromatic N) is 2. The number of rotatable bonds is 5. The topological polar surface area (TPSA) is 55.9 Å². The molecule has 2 rings (SSSR count). The smallest absolute Gasteiger partial charge is 0.248 e. The zero-order valence-corrected chi connectivity index (χ0v) is 11.5. The lowest BCUT2D eigenvalue weighted by atomic mass is 9.96. The predicted octanol–water partition coefficient (Wildman–Crippen LogP) is 2.54. The number of aromatic nitrogens is 2. The van der Waals surface area contributed by atoms with Gasteiger partial charge in [-0.05, 0) is 38.7 Å². The number of hydrogen-bond acceptors (Lipinski definition) is 3. The number of hydrogen-bond donors (Lipinski definition) is 2. The van der Waals surface area contributed by atoms with Gasteiger partial charge in [-0.2, -0.15) is 5.10 Å². The molecule has 0 amide bonds. The van der Waals surface area contributed by atoms with Crippen LogP contribution in [0.3, 0.4) is 0 Å². The third kappa shape index (κ3) is 3.30. The van der Waals surface area contributed by atoms with Gasteiger partial charge in [-0.3, -0.25) is 16.0 Å². The lowest BCUT2D eigenvalue weighted by Crippen LogP contribution is -2.31. The maximum atomic E-state index is 13.2. The van der Waals surface area contributed by atoms with Crippen molar-refractivity contribution in [2.24, 2.45) is 11.8 Å². The quantitative estimate of drug-likeness (QED) is 0.639. The Bertz CT molecular complexity index is 430. The Morgan fingerprint density at radius 2 is 2.37 bits per heavy atom. The van der Waals surface area contributed by atoms with E-state index in [1.807, 2.05) is 24.6 Å². The average molecular weight is 272 g/mol. The largest absolute Gasteiger partial charge is 0.271 e. The van der Waals surface area contributed by atoms with Crippen LogP contribution in [0.25, 0.3) is 0 Å². The van der Waals surface area contributed by atoms with Crippen molar-refractivity contribution in [2.75, 3.05) is 0 Å². The van der Waals surface area contributed by atoms with Gasteiger partial charge in [-0.25, -0.2) is 8.78 Å². The number of aryl methyl sites for hydroxylation is 2. The molecule has 6 heteroatoms. The molecule has 1 fully saturated rings. The van der Waals surface area contributed by atoms with Crippen LogP contribution >= 0.6 is 0 Å². The summed E-state index contributed by atoms with van der Waals surface area (Å²) in [6.45, 7) is 4.68. The van der Waals surface area contributed by atoms with Crippen LogP contribution in [0.2, 0.25) is 0 Å². The van der Waals surface area contributed by atoms with E-state index < -0.39 is 5.92 Å². The molecule has 1 saturated carbocycles. The van der Waals surface area contributed by atoms with Crippen molar-refractivity contribution in [3.63, 3.8) is 0 Å². The van der Waals surface area contributed by atoms with Crippen molar-refractivity contribution < 1.29 is 8.78 Å². The number of hydrazine groups is 1. The molecule has 1 aliphatic carbocycles. The van der Waals surface area contributed by atoms with E-state index in [0.29, 0.717) is 12.8 Å². The van der Waals surface area contributed by atoms with E-state index in [1.165, 1.54) is 0 Å². The number of halogens is 2. The number of alkyl halides is 2. The third-order valence-electron chi connectivity index (χ3n) is 3.87. The van der Waals surface area contributed by atoms with Crippen molar-refractivity contribution >= 4 is 0 Å². The Hall–Kier alpha value is -1.01. The van der Waals surface area contributed by atoms with E-state index in [0.717, 1.165) is 17.9 Å². The highest BCUT2D eigenvalue weighted by Crippen LogP contribution is 2.42. The Morgan fingerprint density at radius 1 is 1.63 bits per heavy atom. The fourth-order valence-corrected chi connectivity index (χ4v) is 2.95. The Morgan fingerprint density at radius 3 is 2.89 bits per heavy atom. The number of nitrogens with one attached hydrogen (secondary N) is 1. The van der Waals surface area contributed by atoms with Gasteiger partial charge in [-0.15, -0.1) is 0 Å². The van der Waals surface area contributed by atoms with Gasteiger partial charge < -0.3 is 0 Å². The molecule has 1 aromatic heterocycles. The molecular formula is C13H22F2N4. The molecule has 0 radical (unpaired) electrons. The summed E-state index contributed by atoms with van der Waals surface area (Å²) in [6, 6.07) is 1.86. The molecule has 19 heavy (non-hydrogen) atoms. The fourth-order valence-electron chi connectivity index (χ4n) is 2.95. The second-order valence-corrected chi connectivity index (χ2v) is 5.45. The highest BCUT2D eigenvalue weighted by atomic mass is 19.3. The molecule has 1 heterocycles. The Labute approximate surface area is 112 Å². The SMILES string of the molecule is CCn1nc(C)cc1C(CC1CCC(F)(F)C1)NN. The van der Waals surface area contributed by atoms with Crippen LogP contribution in [0.15, 0.2) is 6.07 Å². The molecule has 1 aliphatic rings. The average Bonchev–Trinajstić information content (AvgIpc) is 2.88. The zero-order valence-electron chi connectivity index (χ0n) is 11.5. The molecule has 0 aromatic carbocycles. The van der Waals surface area contributed by atoms with Gasteiger partial charge in [0.2, 0.25) is 5.92 Å². The van der Waals surface area contributed by atoms with Gasteiger partial charge in [0.15, 0.2) is 0 Å². The van der Waals surface area contributed by atoms with E-state index in [-0.39, 0.29) is 24.8 Å². The molecule has 0 aliphatic heterocycles. The summed E-state index contributed by atoms with van der Waals surface area (Å²) in [5, 5.41) is 4.37. The molecule has 0 spiro atoms. The van der Waals surface area contributed by atoms with Crippen LogP contribution in [-0.4, -0.2) is 15.7 Å². The van der Waals surface area contributed by atoms with Gasteiger partial charge in [0, 0.05) is 19.4 Å². The maximum Gasteiger partial charge on any atom is 0.248 e. The van der Waals surface area contributed by atoms with E-state index in [9.17, 15) is 8.78 Å². The van der Waals surface area contributed by atoms with Crippen LogP contribution in [0.4, 0.5) is 8.78 Å². The minimum atomic E-state index is -2.50. The summed E-state index contributed by atoms with van der Waals surface area (Å²) < 4.78 is 28.3. The first-order valence-corrected chi connectivity index (χ1v) is 6.83. The van der Waals surface area contributed by atoms with Crippen LogP contribution in [0.5, 0.6) is 0 Å². The molecule has 3 N–H and O–H groups in total. The van der Waals surface area contributed by atoms with E-state index in [1.54, 1.807) is 0 Å².